The van der Waals surface area contributed by atoms with E-state index in [4.69, 9.17) is 5.11 Å². The fourth-order valence-electron chi connectivity index (χ4n) is 1.44. The maximum Gasteiger partial charge on any atom is 0.202 e. The van der Waals surface area contributed by atoms with Crippen molar-refractivity contribution in [3.8, 4) is 0 Å². The molecule has 0 bridgehead atoms. The first kappa shape index (κ1) is 13.4. The Bertz CT molecular complexity index is 301. The SMILES string of the molecule is CC(C)Cc1nsc(NC(C)CCCO)n1. The topological polar surface area (TPSA) is 58.0 Å². The van der Waals surface area contributed by atoms with Gasteiger partial charge in [0.25, 0.3) is 0 Å². The van der Waals surface area contributed by atoms with Crippen LogP contribution in [0.25, 0.3) is 0 Å². The average Bonchev–Trinajstić information content (AvgIpc) is 2.61. The Hall–Kier alpha value is -0.680. The highest BCUT2D eigenvalue weighted by Gasteiger charge is 2.08. The van der Waals surface area contributed by atoms with Crippen molar-refractivity contribution in [2.24, 2.45) is 5.92 Å². The van der Waals surface area contributed by atoms with Crippen LogP contribution in [0.5, 0.6) is 0 Å². The number of aliphatic hydroxyl groups excluding tert-OH is 1. The van der Waals surface area contributed by atoms with Crippen LogP contribution in [0.3, 0.4) is 0 Å². The van der Waals surface area contributed by atoms with E-state index >= 15 is 0 Å². The molecule has 1 rings (SSSR count). The van der Waals surface area contributed by atoms with Gasteiger partial charge >= 0.3 is 0 Å². The van der Waals surface area contributed by atoms with Crippen molar-refractivity contribution in [1.29, 1.82) is 0 Å². The average molecular weight is 243 g/mol. The number of hydrogen-bond acceptors (Lipinski definition) is 5. The van der Waals surface area contributed by atoms with Crippen LogP contribution in [0.15, 0.2) is 0 Å². The van der Waals surface area contributed by atoms with Gasteiger partial charge in [-0.15, -0.1) is 0 Å². The number of aromatic nitrogens is 2. The summed E-state index contributed by atoms with van der Waals surface area (Å²) in [4.78, 5) is 4.43. The van der Waals surface area contributed by atoms with Gasteiger partial charge in [-0.25, -0.2) is 4.98 Å². The van der Waals surface area contributed by atoms with Crippen LogP contribution in [0, 0.1) is 5.92 Å². The van der Waals surface area contributed by atoms with E-state index < -0.39 is 0 Å². The molecule has 0 aliphatic heterocycles. The van der Waals surface area contributed by atoms with Crippen molar-refractivity contribution < 1.29 is 5.11 Å². The first-order valence-electron chi connectivity index (χ1n) is 5.81. The highest BCUT2D eigenvalue weighted by atomic mass is 32.1. The van der Waals surface area contributed by atoms with Gasteiger partial charge in [0.1, 0.15) is 5.82 Å². The predicted molar refractivity (Wildman–Crippen MR) is 67.9 cm³/mol. The third kappa shape index (κ3) is 4.90. The normalized spacial score (nSPS) is 13.1. The summed E-state index contributed by atoms with van der Waals surface area (Å²) < 4.78 is 4.31. The standard InChI is InChI=1S/C11H21N3OS/c1-8(2)7-10-13-11(16-14-10)12-9(3)5-4-6-15/h8-9,15H,4-7H2,1-3H3,(H,12,13,14). The van der Waals surface area contributed by atoms with E-state index in [-0.39, 0.29) is 6.61 Å². The Balaban J connectivity index is 2.39. The molecule has 0 fully saturated rings. The zero-order chi connectivity index (χ0) is 12.0. The minimum Gasteiger partial charge on any atom is -0.396 e. The second-order valence-electron chi connectivity index (χ2n) is 4.52. The van der Waals surface area contributed by atoms with E-state index in [1.807, 2.05) is 0 Å². The number of rotatable bonds is 7. The molecule has 1 heterocycles. The molecule has 0 amide bonds. The summed E-state index contributed by atoms with van der Waals surface area (Å²) >= 11 is 1.42. The Labute approximate surface area is 101 Å². The van der Waals surface area contributed by atoms with Crippen molar-refractivity contribution in [2.75, 3.05) is 11.9 Å². The molecule has 0 saturated carbocycles. The van der Waals surface area contributed by atoms with Crippen molar-refractivity contribution in [3.63, 3.8) is 0 Å². The minimum atomic E-state index is 0.251. The van der Waals surface area contributed by atoms with E-state index in [0.717, 1.165) is 30.2 Å². The number of hydrogen-bond donors (Lipinski definition) is 2. The summed E-state index contributed by atoms with van der Waals surface area (Å²) in [5.41, 5.74) is 0. The number of nitrogens with one attached hydrogen (secondary N) is 1. The second-order valence-corrected chi connectivity index (χ2v) is 5.28. The first-order valence-corrected chi connectivity index (χ1v) is 6.59. The molecule has 1 aromatic rings. The highest BCUT2D eigenvalue weighted by molar-refractivity contribution is 7.09. The molecule has 0 aliphatic rings. The molecule has 0 aromatic carbocycles. The maximum atomic E-state index is 8.73. The van der Waals surface area contributed by atoms with Crippen LogP contribution < -0.4 is 5.32 Å². The molecule has 1 aromatic heterocycles. The molecule has 2 N–H and O–H groups in total. The number of anilines is 1. The van der Waals surface area contributed by atoms with Crippen molar-refractivity contribution in [1.82, 2.24) is 9.36 Å². The lowest BCUT2D eigenvalue weighted by molar-refractivity contribution is 0.282. The van der Waals surface area contributed by atoms with Crippen LogP contribution in [0.4, 0.5) is 5.13 Å². The molecule has 16 heavy (non-hydrogen) atoms. The molecule has 92 valence electrons. The lowest BCUT2D eigenvalue weighted by atomic mass is 10.1. The summed E-state index contributed by atoms with van der Waals surface area (Å²) in [7, 11) is 0. The summed E-state index contributed by atoms with van der Waals surface area (Å²) in [5.74, 6) is 1.52. The summed E-state index contributed by atoms with van der Waals surface area (Å²) in [6, 6.07) is 0.340. The monoisotopic (exact) mass is 243 g/mol. The van der Waals surface area contributed by atoms with Gasteiger partial charge < -0.3 is 10.4 Å². The molecule has 0 spiro atoms. The summed E-state index contributed by atoms with van der Waals surface area (Å²) in [5, 5.41) is 12.9. The largest absolute Gasteiger partial charge is 0.396 e. The van der Waals surface area contributed by atoms with Crippen LogP contribution in [-0.2, 0) is 6.42 Å². The molecule has 0 aliphatic carbocycles. The smallest absolute Gasteiger partial charge is 0.202 e. The minimum absolute atomic E-state index is 0.251. The van der Waals surface area contributed by atoms with Crippen LogP contribution in [0.2, 0.25) is 0 Å². The first-order chi connectivity index (χ1) is 7.61. The quantitative estimate of drug-likeness (QED) is 0.771. The highest BCUT2D eigenvalue weighted by Crippen LogP contribution is 2.15. The van der Waals surface area contributed by atoms with Gasteiger partial charge in [-0.1, -0.05) is 13.8 Å². The zero-order valence-electron chi connectivity index (χ0n) is 10.2. The fourth-order valence-corrected chi connectivity index (χ4v) is 2.15. The van der Waals surface area contributed by atoms with E-state index in [1.165, 1.54) is 11.5 Å². The molecule has 5 heteroatoms. The molecule has 1 atom stereocenters. The van der Waals surface area contributed by atoms with E-state index in [9.17, 15) is 0 Å². The zero-order valence-corrected chi connectivity index (χ0v) is 11.0. The van der Waals surface area contributed by atoms with Gasteiger partial charge in [-0.3, -0.25) is 0 Å². The van der Waals surface area contributed by atoms with Gasteiger partial charge in [0.15, 0.2) is 0 Å². The summed E-state index contributed by atoms with van der Waals surface area (Å²) in [6.07, 6.45) is 2.71. The van der Waals surface area contributed by atoms with Gasteiger partial charge in [-0.2, -0.15) is 4.37 Å². The molecular formula is C11H21N3OS. The fraction of sp³-hybridized carbons (Fsp3) is 0.818. The lowest BCUT2D eigenvalue weighted by Crippen LogP contribution is -2.15. The molecular weight excluding hydrogens is 222 g/mol. The lowest BCUT2D eigenvalue weighted by Gasteiger charge is -2.10. The third-order valence-corrected chi connectivity index (χ3v) is 2.91. The van der Waals surface area contributed by atoms with E-state index in [1.54, 1.807) is 0 Å². The van der Waals surface area contributed by atoms with Gasteiger partial charge in [0, 0.05) is 30.6 Å². The molecule has 4 nitrogen and oxygen atoms in total. The molecule has 0 saturated heterocycles. The Morgan fingerprint density at radius 1 is 1.38 bits per heavy atom. The van der Waals surface area contributed by atoms with Gasteiger partial charge in [-0.05, 0) is 25.7 Å². The van der Waals surface area contributed by atoms with Crippen LogP contribution in [-0.4, -0.2) is 27.1 Å². The van der Waals surface area contributed by atoms with Crippen LogP contribution >= 0.6 is 11.5 Å². The Morgan fingerprint density at radius 3 is 2.75 bits per heavy atom. The third-order valence-electron chi connectivity index (χ3n) is 2.22. The van der Waals surface area contributed by atoms with Gasteiger partial charge in [0.05, 0.1) is 0 Å². The number of aliphatic hydroxyl groups is 1. The van der Waals surface area contributed by atoms with Gasteiger partial charge in [0.2, 0.25) is 5.13 Å². The van der Waals surface area contributed by atoms with Crippen LogP contribution in [0.1, 0.15) is 39.4 Å². The Kier molecular flexibility index (Phi) is 5.69. The van der Waals surface area contributed by atoms with E-state index in [2.05, 4.69) is 35.4 Å². The summed E-state index contributed by atoms with van der Waals surface area (Å²) in [6.45, 7) is 6.68. The van der Waals surface area contributed by atoms with E-state index in [0.29, 0.717) is 12.0 Å². The van der Waals surface area contributed by atoms with Crippen molar-refractivity contribution >= 4 is 16.7 Å². The predicted octanol–water partition coefficient (Wildman–Crippen LogP) is 2.31. The maximum absolute atomic E-state index is 8.73. The van der Waals surface area contributed by atoms with Crippen molar-refractivity contribution in [3.05, 3.63) is 5.82 Å². The second kappa shape index (κ2) is 6.81. The Morgan fingerprint density at radius 2 is 2.12 bits per heavy atom. The number of nitrogens with zero attached hydrogens (tertiary/aromatic N) is 2. The molecule has 1 unspecified atom stereocenters. The van der Waals surface area contributed by atoms with Crippen molar-refractivity contribution in [2.45, 2.75) is 46.1 Å². The molecule has 0 radical (unpaired) electrons.